The second-order valence-electron chi connectivity index (χ2n) is 8.85. The van der Waals surface area contributed by atoms with Crippen molar-refractivity contribution in [3.63, 3.8) is 0 Å². The van der Waals surface area contributed by atoms with Crippen LogP contribution in [0.25, 0.3) is 22.4 Å². The summed E-state index contributed by atoms with van der Waals surface area (Å²) < 4.78 is 14.5. The summed E-state index contributed by atoms with van der Waals surface area (Å²) in [6, 6.07) is 2.04. The molecule has 146 valence electrons. The van der Waals surface area contributed by atoms with Gasteiger partial charge < -0.3 is 10.3 Å². The number of aromatic amines is 1. The van der Waals surface area contributed by atoms with Crippen molar-refractivity contribution in [3.8, 4) is 11.4 Å². The molecule has 2 N–H and O–H groups in total. The van der Waals surface area contributed by atoms with Crippen LogP contribution in [-0.2, 0) is 0 Å². The van der Waals surface area contributed by atoms with Crippen molar-refractivity contribution in [1.29, 1.82) is 0 Å². The molecule has 3 saturated carbocycles. The van der Waals surface area contributed by atoms with E-state index in [1.165, 1.54) is 12.6 Å². The molecular formula is C21H23ClFN5. The third-order valence-electron chi connectivity index (χ3n) is 7.16. The Bertz CT molecular complexity index is 1060. The molecule has 0 aliphatic heterocycles. The van der Waals surface area contributed by atoms with Gasteiger partial charge in [-0.1, -0.05) is 32.4 Å². The maximum Gasteiger partial charge on any atom is 0.183 e. The van der Waals surface area contributed by atoms with E-state index in [2.05, 4.69) is 46.0 Å². The molecule has 0 saturated heterocycles. The number of pyridine rings is 1. The number of aromatic nitrogens is 4. The van der Waals surface area contributed by atoms with Gasteiger partial charge in [0.25, 0.3) is 0 Å². The first-order chi connectivity index (χ1) is 13.3. The number of anilines is 1. The second-order valence-corrected chi connectivity index (χ2v) is 9.28. The number of nitrogens with zero attached hydrogens (tertiary/aromatic N) is 3. The summed E-state index contributed by atoms with van der Waals surface area (Å²) >= 11 is 6.09. The fourth-order valence-electron chi connectivity index (χ4n) is 5.28. The molecule has 0 radical (unpaired) electrons. The Kier molecular flexibility index (Phi) is 3.92. The molecule has 0 aromatic carbocycles. The number of fused-ring (bicyclic) bond motifs is 3. The third-order valence-corrected chi connectivity index (χ3v) is 7.37. The molecule has 4 atom stereocenters. The van der Waals surface area contributed by atoms with Gasteiger partial charge in [0.1, 0.15) is 5.65 Å². The minimum absolute atomic E-state index is 0.230. The Labute approximate surface area is 168 Å². The standard InChI is InChI=1S/C21H23ClFN5/c1-10-15-4-11(21(15,2)3)5-17(10)27-20-16(23)9-26-19(28-20)14-8-25-18-13(14)6-12(22)7-24-18/h6-11,15,17H,4-5H2,1-3H3,(H,24,25)(H,26,27,28)/t10-,11?,15?,17-/m0/s1. The predicted octanol–water partition coefficient (Wildman–Crippen LogP) is 5.30. The Morgan fingerprint density at radius 3 is 2.82 bits per heavy atom. The summed E-state index contributed by atoms with van der Waals surface area (Å²) in [7, 11) is 0. The van der Waals surface area contributed by atoms with Crippen LogP contribution < -0.4 is 5.32 Å². The predicted molar refractivity (Wildman–Crippen MR) is 109 cm³/mol. The van der Waals surface area contributed by atoms with Crippen molar-refractivity contribution in [3.05, 3.63) is 35.5 Å². The van der Waals surface area contributed by atoms with Crippen molar-refractivity contribution < 1.29 is 4.39 Å². The van der Waals surface area contributed by atoms with Gasteiger partial charge in [0.2, 0.25) is 0 Å². The highest BCUT2D eigenvalue weighted by Gasteiger charge is 2.56. The van der Waals surface area contributed by atoms with Gasteiger partial charge in [0.15, 0.2) is 17.5 Å². The van der Waals surface area contributed by atoms with Gasteiger partial charge in [-0.25, -0.2) is 19.3 Å². The average molecular weight is 400 g/mol. The highest BCUT2D eigenvalue weighted by Crippen LogP contribution is 2.61. The molecule has 3 aromatic rings. The van der Waals surface area contributed by atoms with Gasteiger partial charge in [-0.15, -0.1) is 0 Å². The van der Waals surface area contributed by atoms with E-state index in [-0.39, 0.29) is 11.9 Å². The van der Waals surface area contributed by atoms with Crippen molar-refractivity contribution in [2.45, 2.75) is 39.7 Å². The van der Waals surface area contributed by atoms with Crippen LogP contribution in [0.15, 0.2) is 24.7 Å². The van der Waals surface area contributed by atoms with Crippen molar-refractivity contribution >= 4 is 28.5 Å². The van der Waals surface area contributed by atoms with Gasteiger partial charge in [0.05, 0.1) is 11.2 Å². The number of hydrogen-bond acceptors (Lipinski definition) is 4. The monoisotopic (exact) mass is 399 g/mol. The molecular weight excluding hydrogens is 377 g/mol. The van der Waals surface area contributed by atoms with Gasteiger partial charge in [-0.3, -0.25) is 0 Å². The maximum atomic E-state index is 14.5. The minimum atomic E-state index is -0.426. The normalized spacial score (nSPS) is 28.2. The molecule has 3 heterocycles. The third kappa shape index (κ3) is 2.61. The smallest absolute Gasteiger partial charge is 0.183 e. The average Bonchev–Trinajstić information content (AvgIpc) is 3.07. The molecule has 0 spiro atoms. The number of rotatable bonds is 3. The summed E-state index contributed by atoms with van der Waals surface area (Å²) in [6.07, 6.45) is 6.94. The van der Waals surface area contributed by atoms with Crippen LogP contribution in [0.4, 0.5) is 10.2 Å². The molecule has 6 rings (SSSR count). The first kappa shape index (κ1) is 17.9. The van der Waals surface area contributed by atoms with Crippen LogP contribution in [0, 0.1) is 29.0 Å². The number of halogens is 2. The van der Waals surface area contributed by atoms with E-state index in [9.17, 15) is 4.39 Å². The van der Waals surface area contributed by atoms with E-state index < -0.39 is 5.82 Å². The van der Waals surface area contributed by atoms with Crippen LogP contribution >= 0.6 is 11.6 Å². The SMILES string of the molecule is C[C@H]1C2CC(C[C@@H]1Nc1nc(-c3c[nH]c4ncc(Cl)cc34)ncc1F)C2(C)C. The van der Waals surface area contributed by atoms with E-state index in [0.717, 1.165) is 17.4 Å². The van der Waals surface area contributed by atoms with Crippen molar-refractivity contribution in [1.82, 2.24) is 19.9 Å². The summed E-state index contributed by atoms with van der Waals surface area (Å²) in [4.78, 5) is 16.1. The molecule has 28 heavy (non-hydrogen) atoms. The van der Waals surface area contributed by atoms with Crippen LogP contribution in [0.3, 0.4) is 0 Å². The van der Waals surface area contributed by atoms with E-state index in [1.54, 1.807) is 12.4 Å². The van der Waals surface area contributed by atoms with Gasteiger partial charge in [-0.2, -0.15) is 0 Å². The summed E-state index contributed by atoms with van der Waals surface area (Å²) in [6.45, 7) is 6.99. The fourth-order valence-corrected chi connectivity index (χ4v) is 5.43. The van der Waals surface area contributed by atoms with Gasteiger partial charge in [0, 0.05) is 29.4 Å². The molecule has 3 fully saturated rings. The first-order valence-corrected chi connectivity index (χ1v) is 10.1. The molecule has 3 aliphatic carbocycles. The van der Waals surface area contributed by atoms with Gasteiger partial charge in [-0.05, 0) is 42.1 Å². The molecule has 5 nitrogen and oxygen atoms in total. The number of H-pyrrole nitrogens is 1. The quantitative estimate of drug-likeness (QED) is 0.627. The summed E-state index contributed by atoms with van der Waals surface area (Å²) in [5.74, 6) is 2.14. The van der Waals surface area contributed by atoms with E-state index in [4.69, 9.17) is 11.6 Å². The Morgan fingerprint density at radius 2 is 2.07 bits per heavy atom. The summed E-state index contributed by atoms with van der Waals surface area (Å²) in [5.41, 5.74) is 1.85. The molecule has 3 aliphatic rings. The Balaban J connectivity index is 1.46. The zero-order valence-corrected chi connectivity index (χ0v) is 16.9. The first-order valence-electron chi connectivity index (χ1n) is 9.76. The van der Waals surface area contributed by atoms with Gasteiger partial charge >= 0.3 is 0 Å². The molecule has 0 amide bonds. The zero-order chi connectivity index (χ0) is 19.6. The molecule has 2 bridgehead atoms. The van der Waals surface area contributed by atoms with Crippen LogP contribution in [0.2, 0.25) is 5.02 Å². The topological polar surface area (TPSA) is 66.5 Å². The van der Waals surface area contributed by atoms with Crippen molar-refractivity contribution in [2.75, 3.05) is 5.32 Å². The van der Waals surface area contributed by atoms with E-state index in [0.29, 0.717) is 39.7 Å². The highest BCUT2D eigenvalue weighted by molar-refractivity contribution is 6.31. The number of hydrogen-bond donors (Lipinski definition) is 2. The fraction of sp³-hybridized carbons (Fsp3) is 0.476. The van der Waals surface area contributed by atoms with Crippen LogP contribution in [0.5, 0.6) is 0 Å². The lowest BCUT2D eigenvalue weighted by Gasteiger charge is -2.62. The lowest BCUT2D eigenvalue weighted by atomic mass is 9.45. The Morgan fingerprint density at radius 1 is 1.25 bits per heavy atom. The van der Waals surface area contributed by atoms with Crippen LogP contribution in [-0.4, -0.2) is 26.0 Å². The summed E-state index contributed by atoms with van der Waals surface area (Å²) in [5, 5.41) is 4.73. The lowest BCUT2D eigenvalue weighted by molar-refractivity contribution is -0.105. The lowest BCUT2D eigenvalue weighted by Crippen LogP contribution is -2.58. The van der Waals surface area contributed by atoms with E-state index in [1.807, 2.05) is 6.07 Å². The Hall–Kier alpha value is -2.21. The largest absolute Gasteiger partial charge is 0.364 e. The molecule has 2 unspecified atom stereocenters. The van der Waals surface area contributed by atoms with Crippen molar-refractivity contribution in [2.24, 2.45) is 23.2 Å². The highest BCUT2D eigenvalue weighted by atomic mass is 35.5. The number of nitrogens with one attached hydrogen (secondary N) is 2. The minimum Gasteiger partial charge on any atom is -0.364 e. The molecule has 3 aromatic heterocycles. The zero-order valence-electron chi connectivity index (χ0n) is 16.1. The van der Waals surface area contributed by atoms with E-state index >= 15 is 0 Å². The maximum absolute atomic E-state index is 14.5. The second kappa shape index (κ2) is 6.14. The molecule has 7 heteroatoms. The van der Waals surface area contributed by atoms with Crippen LogP contribution in [0.1, 0.15) is 33.6 Å².